The van der Waals surface area contributed by atoms with Crippen LogP contribution in [0.4, 0.5) is 0 Å². The van der Waals surface area contributed by atoms with Crippen LogP contribution in [0.15, 0.2) is 6.07 Å². The monoisotopic (exact) mass is 218 g/mol. The Kier molecular flexibility index (Phi) is 2.73. The third-order valence-electron chi connectivity index (χ3n) is 3.48. The van der Waals surface area contributed by atoms with Crippen LogP contribution < -0.4 is 4.74 Å². The van der Waals surface area contributed by atoms with E-state index in [1.54, 1.807) is 0 Å². The fraction of sp³-hybridized carbons (Fsp3) is 0.600. The Morgan fingerprint density at radius 2 is 2.00 bits per heavy atom. The van der Waals surface area contributed by atoms with E-state index < -0.39 is 0 Å². The van der Waals surface area contributed by atoms with Gasteiger partial charge in [0.1, 0.15) is 5.75 Å². The predicted molar refractivity (Wildman–Crippen MR) is 68.5 cm³/mol. The smallest absolute Gasteiger partial charge is 0.126 e. The molecule has 1 nitrogen and oxygen atoms in total. The van der Waals surface area contributed by atoms with Gasteiger partial charge < -0.3 is 4.74 Å². The van der Waals surface area contributed by atoms with E-state index in [0.29, 0.717) is 0 Å². The van der Waals surface area contributed by atoms with Crippen molar-refractivity contribution in [1.29, 1.82) is 0 Å². The maximum absolute atomic E-state index is 5.85. The lowest BCUT2D eigenvalue weighted by Gasteiger charge is -2.24. The van der Waals surface area contributed by atoms with Crippen LogP contribution in [0.25, 0.3) is 0 Å². The fourth-order valence-corrected chi connectivity index (χ4v) is 2.64. The highest BCUT2D eigenvalue weighted by Gasteiger charge is 2.27. The van der Waals surface area contributed by atoms with Gasteiger partial charge in [-0.25, -0.2) is 0 Å². The molecule has 0 amide bonds. The summed E-state index contributed by atoms with van der Waals surface area (Å²) >= 11 is 0. The topological polar surface area (TPSA) is 9.23 Å². The number of aryl methyl sites for hydroxylation is 1. The van der Waals surface area contributed by atoms with E-state index in [4.69, 9.17) is 4.74 Å². The predicted octanol–water partition coefficient (Wildman–Crippen LogP) is 3.79. The van der Waals surface area contributed by atoms with Gasteiger partial charge in [0, 0.05) is 17.5 Å². The van der Waals surface area contributed by atoms with Gasteiger partial charge >= 0.3 is 0 Å². The molecule has 1 heterocycles. The van der Waals surface area contributed by atoms with Crippen LogP contribution in [0.2, 0.25) is 0 Å². The molecule has 0 aliphatic carbocycles. The molecule has 0 bridgehead atoms. The molecular weight excluding hydrogens is 196 g/mol. The molecule has 1 heteroatoms. The van der Waals surface area contributed by atoms with E-state index in [0.717, 1.165) is 19.4 Å². The zero-order valence-corrected chi connectivity index (χ0v) is 11.1. The molecular formula is C15H22O. The van der Waals surface area contributed by atoms with Crippen molar-refractivity contribution in [2.75, 3.05) is 6.61 Å². The summed E-state index contributed by atoms with van der Waals surface area (Å²) in [5.74, 6) is 1.18. The molecule has 2 rings (SSSR count). The Balaban J connectivity index is 2.67. The molecule has 0 aromatic heterocycles. The highest BCUT2D eigenvalue weighted by Crippen LogP contribution is 2.40. The maximum atomic E-state index is 5.85. The molecule has 1 aromatic rings. The Hall–Kier alpha value is -0.980. The minimum absolute atomic E-state index is 0.172. The van der Waals surface area contributed by atoms with Gasteiger partial charge in [-0.15, -0.1) is 0 Å². The summed E-state index contributed by atoms with van der Waals surface area (Å²) in [5.41, 5.74) is 5.94. The molecule has 0 saturated heterocycles. The summed E-state index contributed by atoms with van der Waals surface area (Å²) in [6, 6.07) is 2.32. The first-order chi connectivity index (χ1) is 7.45. The minimum Gasteiger partial charge on any atom is -0.493 e. The lowest BCUT2D eigenvalue weighted by atomic mass is 9.82. The maximum Gasteiger partial charge on any atom is 0.126 e. The normalized spacial score (nSPS) is 14.8. The van der Waals surface area contributed by atoms with Crippen molar-refractivity contribution in [2.45, 2.75) is 52.9 Å². The van der Waals surface area contributed by atoms with Crippen molar-refractivity contribution in [2.24, 2.45) is 0 Å². The Labute approximate surface area is 98.8 Å². The van der Waals surface area contributed by atoms with Crippen molar-refractivity contribution in [3.8, 4) is 5.75 Å². The molecule has 1 aromatic carbocycles. The average Bonchev–Trinajstić information content (AvgIpc) is 2.63. The molecule has 88 valence electrons. The molecule has 1 aliphatic heterocycles. The van der Waals surface area contributed by atoms with E-state index in [1.165, 1.54) is 28.0 Å². The van der Waals surface area contributed by atoms with Crippen LogP contribution in [0, 0.1) is 6.92 Å². The number of benzene rings is 1. The number of rotatable bonds is 1. The van der Waals surface area contributed by atoms with E-state index in [1.807, 2.05) is 0 Å². The number of fused-ring (bicyclic) bond motifs is 1. The second kappa shape index (κ2) is 3.80. The highest BCUT2D eigenvalue weighted by atomic mass is 16.5. The van der Waals surface area contributed by atoms with Crippen LogP contribution in [0.3, 0.4) is 0 Å². The van der Waals surface area contributed by atoms with Gasteiger partial charge in [0.15, 0.2) is 0 Å². The lowest BCUT2D eigenvalue weighted by molar-refractivity contribution is 0.347. The average molecular weight is 218 g/mol. The SMILES string of the molecule is CCc1c(C)cc(C(C)(C)C)c2c1CCO2. The van der Waals surface area contributed by atoms with Gasteiger partial charge in [-0.3, -0.25) is 0 Å². The summed E-state index contributed by atoms with van der Waals surface area (Å²) in [4.78, 5) is 0. The summed E-state index contributed by atoms with van der Waals surface area (Å²) in [6.07, 6.45) is 2.20. The van der Waals surface area contributed by atoms with Gasteiger partial charge in [-0.05, 0) is 29.9 Å². The quantitative estimate of drug-likeness (QED) is 0.697. The molecule has 0 spiro atoms. The molecule has 16 heavy (non-hydrogen) atoms. The largest absolute Gasteiger partial charge is 0.493 e. The van der Waals surface area contributed by atoms with Gasteiger partial charge in [0.05, 0.1) is 6.61 Å². The highest BCUT2D eigenvalue weighted by molar-refractivity contribution is 5.54. The van der Waals surface area contributed by atoms with Crippen LogP contribution in [0.5, 0.6) is 5.75 Å². The summed E-state index contributed by atoms with van der Waals surface area (Å²) in [6.45, 7) is 12.1. The Morgan fingerprint density at radius 3 is 2.56 bits per heavy atom. The molecule has 0 saturated carbocycles. The number of hydrogen-bond acceptors (Lipinski definition) is 1. The zero-order valence-electron chi connectivity index (χ0n) is 11.1. The molecule has 0 N–H and O–H groups in total. The van der Waals surface area contributed by atoms with Crippen LogP contribution >= 0.6 is 0 Å². The Morgan fingerprint density at radius 1 is 1.31 bits per heavy atom. The zero-order chi connectivity index (χ0) is 11.9. The van der Waals surface area contributed by atoms with E-state index in [9.17, 15) is 0 Å². The summed E-state index contributed by atoms with van der Waals surface area (Å²) in [5, 5.41) is 0. The molecule has 0 fully saturated rings. The van der Waals surface area contributed by atoms with E-state index in [2.05, 4.69) is 40.7 Å². The fourth-order valence-electron chi connectivity index (χ4n) is 2.64. The Bertz CT molecular complexity index is 410. The first-order valence-electron chi connectivity index (χ1n) is 6.23. The van der Waals surface area contributed by atoms with Gasteiger partial charge in [0.2, 0.25) is 0 Å². The standard InChI is InChI=1S/C15H22O/c1-6-11-10(2)9-13(15(3,4)5)14-12(11)7-8-16-14/h9H,6-8H2,1-5H3. The summed E-state index contributed by atoms with van der Waals surface area (Å²) < 4.78 is 5.85. The minimum atomic E-state index is 0.172. The van der Waals surface area contributed by atoms with Gasteiger partial charge in [-0.2, -0.15) is 0 Å². The van der Waals surface area contributed by atoms with Gasteiger partial charge in [0.25, 0.3) is 0 Å². The second-order valence-electron chi connectivity index (χ2n) is 5.73. The van der Waals surface area contributed by atoms with E-state index >= 15 is 0 Å². The van der Waals surface area contributed by atoms with Crippen LogP contribution in [-0.2, 0) is 18.3 Å². The lowest BCUT2D eigenvalue weighted by Crippen LogP contribution is -2.14. The summed E-state index contributed by atoms with van der Waals surface area (Å²) in [7, 11) is 0. The third-order valence-corrected chi connectivity index (χ3v) is 3.48. The molecule has 0 radical (unpaired) electrons. The first-order valence-corrected chi connectivity index (χ1v) is 6.23. The molecule has 0 unspecified atom stereocenters. The van der Waals surface area contributed by atoms with Gasteiger partial charge in [-0.1, -0.05) is 33.8 Å². The van der Waals surface area contributed by atoms with E-state index in [-0.39, 0.29) is 5.41 Å². The number of ether oxygens (including phenoxy) is 1. The van der Waals surface area contributed by atoms with Crippen molar-refractivity contribution in [1.82, 2.24) is 0 Å². The molecule has 1 aliphatic rings. The van der Waals surface area contributed by atoms with Crippen molar-refractivity contribution in [3.63, 3.8) is 0 Å². The third kappa shape index (κ3) is 1.73. The van der Waals surface area contributed by atoms with Crippen molar-refractivity contribution < 1.29 is 4.74 Å². The molecule has 0 atom stereocenters. The second-order valence-corrected chi connectivity index (χ2v) is 5.73. The van der Waals surface area contributed by atoms with Crippen LogP contribution in [0.1, 0.15) is 49.9 Å². The first kappa shape index (κ1) is 11.5. The van der Waals surface area contributed by atoms with Crippen molar-refractivity contribution >= 4 is 0 Å². The van der Waals surface area contributed by atoms with Crippen LogP contribution in [-0.4, -0.2) is 6.61 Å². The van der Waals surface area contributed by atoms with Crippen molar-refractivity contribution in [3.05, 3.63) is 28.3 Å². The number of hydrogen-bond donors (Lipinski definition) is 0.